The zero-order valence-electron chi connectivity index (χ0n) is 14.6. The van der Waals surface area contributed by atoms with E-state index in [0.29, 0.717) is 28.2 Å². The van der Waals surface area contributed by atoms with Gasteiger partial charge in [-0.15, -0.1) is 0 Å². The van der Waals surface area contributed by atoms with Gasteiger partial charge in [0.1, 0.15) is 0 Å². The first-order valence-corrected chi connectivity index (χ1v) is 9.27. The number of nitrogens with zero attached hydrogens (tertiary/aromatic N) is 1. The highest BCUT2D eigenvalue weighted by Gasteiger charge is 2.35. The zero-order valence-corrected chi connectivity index (χ0v) is 16.1. The van der Waals surface area contributed by atoms with Gasteiger partial charge in [0.2, 0.25) is 11.8 Å². The molecule has 2 amide bonds. The second kappa shape index (κ2) is 7.68. The van der Waals surface area contributed by atoms with E-state index in [4.69, 9.17) is 23.2 Å². The molecule has 0 saturated carbocycles. The Morgan fingerprint density at radius 2 is 1.85 bits per heavy atom. The number of nitrogens with one attached hydrogen (secondary N) is 1. The third kappa shape index (κ3) is 4.02. The molecule has 2 aromatic carbocycles. The number of hydrogen-bond donors (Lipinski definition) is 1. The standard InChI is InChI=1S/C20H20Cl2N2O2/c1-12(2)13-3-6-16(7-4-13)24-11-14(9-19(24)25)20(26)23-18-8-5-15(21)10-17(18)22/h3-8,10,12,14H,9,11H2,1-2H3,(H,23,26)/t14-/m1/s1. The molecule has 1 aliphatic rings. The molecule has 0 aromatic heterocycles. The van der Waals surface area contributed by atoms with Crippen LogP contribution >= 0.6 is 23.2 Å². The summed E-state index contributed by atoms with van der Waals surface area (Å²) in [7, 11) is 0. The van der Waals surface area contributed by atoms with E-state index in [1.807, 2.05) is 24.3 Å². The van der Waals surface area contributed by atoms with Gasteiger partial charge in [-0.3, -0.25) is 9.59 Å². The van der Waals surface area contributed by atoms with Crippen LogP contribution in [0.25, 0.3) is 0 Å². The van der Waals surface area contributed by atoms with Crippen molar-refractivity contribution in [2.45, 2.75) is 26.2 Å². The quantitative estimate of drug-likeness (QED) is 0.788. The van der Waals surface area contributed by atoms with Gasteiger partial charge in [0, 0.05) is 23.7 Å². The predicted octanol–water partition coefficient (Wildman–Crippen LogP) is 5.11. The van der Waals surface area contributed by atoms with Gasteiger partial charge in [0.15, 0.2) is 0 Å². The van der Waals surface area contributed by atoms with E-state index < -0.39 is 5.92 Å². The van der Waals surface area contributed by atoms with Crippen molar-refractivity contribution in [2.75, 3.05) is 16.8 Å². The van der Waals surface area contributed by atoms with Crippen LogP contribution in [0.5, 0.6) is 0 Å². The fraction of sp³-hybridized carbons (Fsp3) is 0.300. The normalized spacial score (nSPS) is 17.0. The molecule has 1 N–H and O–H groups in total. The van der Waals surface area contributed by atoms with E-state index in [1.54, 1.807) is 23.1 Å². The number of carbonyl (C=O) groups is 2. The van der Waals surface area contributed by atoms with Gasteiger partial charge < -0.3 is 10.2 Å². The van der Waals surface area contributed by atoms with Crippen LogP contribution in [-0.4, -0.2) is 18.4 Å². The van der Waals surface area contributed by atoms with Crippen molar-refractivity contribution >= 4 is 46.4 Å². The van der Waals surface area contributed by atoms with Crippen molar-refractivity contribution in [1.29, 1.82) is 0 Å². The third-order valence-electron chi connectivity index (χ3n) is 4.56. The Hall–Kier alpha value is -2.04. The summed E-state index contributed by atoms with van der Waals surface area (Å²) in [4.78, 5) is 26.6. The monoisotopic (exact) mass is 390 g/mol. The smallest absolute Gasteiger partial charge is 0.229 e. The molecule has 6 heteroatoms. The van der Waals surface area contributed by atoms with Crippen LogP contribution in [0.2, 0.25) is 10.0 Å². The van der Waals surface area contributed by atoms with E-state index in [9.17, 15) is 9.59 Å². The number of rotatable bonds is 4. The number of benzene rings is 2. The van der Waals surface area contributed by atoms with Crippen molar-refractivity contribution in [3.05, 3.63) is 58.1 Å². The summed E-state index contributed by atoms with van der Waals surface area (Å²) in [6, 6.07) is 12.8. The fourth-order valence-electron chi connectivity index (χ4n) is 3.00. The number of halogens is 2. The topological polar surface area (TPSA) is 49.4 Å². The molecule has 2 aromatic rings. The first kappa shape index (κ1) is 18.7. The van der Waals surface area contributed by atoms with E-state index in [0.717, 1.165) is 5.69 Å². The van der Waals surface area contributed by atoms with Crippen molar-refractivity contribution in [3.63, 3.8) is 0 Å². The van der Waals surface area contributed by atoms with Crippen LogP contribution in [0.3, 0.4) is 0 Å². The van der Waals surface area contributed by atoms with Crippen LogP contribution in [0.15, 0.2) is 42.5 Å². The fourth-order valence-corrected chi connectivity index (χ4v) is 3.45. The van der Waals surface area contributed by atoms with Crippen LogP contribution in [-0.2, 0) is 9.59 Å². The Kier molecular flexibility index (Phi) is 5.54. The van der Waals surface area contributed by atoms with Gasteiger partial charge in [-0.1, -0.05) is 49.2 Å². The molecule has 3 rings (SSSR count). The average Bonchev–Trinajstić information content (AvgIpc) is 2.99. The SMILES string of the molecule is CC(C)c1ccc(N2C[C@H](C(=O)Nc3ccc(Cl)cc3Cl)CC2=O)cc1. The van der Waals surface area contributed by atoms with Crippen molar-refractivity contribution < 1.29 is 9.59 Å². The van der Waals surface area contributed by atoms with Gasteiger partial charge in [-0.25, -0.2) is 0 Å². The summed E-state index contributed by atoms with van der Waals surface area (Å²) in [5, 5.41) is 3.66. The molecule has 1 saturated heterocycles. The molecule has 0 aliphatic carbocycles. The molecule has 0 spiro atoms. The summed E-state index contributed by atoms with van der Waals surface area (Å²) < 4.78 is 0. The van der Waals surface area contributed by atoms with Crippen LogP contribution < -0.4 is 10.2 Å². The third-order valence-corrected chi connectivity index (χ3v) is 5.10. The van der Waals surface area contributed by atoms with Gasteiger partial charge >= 0.3 is 0 Å². The van der Waals surface area contributed by atoms with Crippen molar-refractivity contribution in [3.8, 4) is 0 Å². The van der Waals surface area contributed by atoms with Crippen LogP contribution in [0.1, 0.15) is 31.7 Å². The minimum atomic E-state index is -0.418. The maximum Gasteiger partial charge on any atom is 0.229 e. The molecule has 136 valence electrons. The Morgan fingerprint density at radius 1 is 1.15 bits per heavy atom. The summed E-state index contributed by atoms with van der Waals surface area (Å²) in [6.07, 6.45) is 0.184. The highest BCUT2D eigenvalue weighted by Crippen LogP contribution is 2.29. The highest BCUT2D eigenvalue weighted by atomic mass is 35.5. The van der Waals surface area contributed by atoms with E-state index in [2.05, 4.69) is 19.2 Å². The lowest BCUT2D eigenvalue weighted by Gasteiger charge is -2.18. The lowest BCUT2D eigenvalue weighted by molar-refractivity contribution is -0.122. The largest absolute Gasteiger partial charge is 0.324 e. The minimum Gasteiger partial charge on any atom is -0.324 e. The van der Waals surface area contributed by atoms with E-state index >= 15 is 0 Å². The Morgan fingerprint density at radius 3 is 2.46 bits per heavy atom. The summed E-state index contributed by atoms with van der Waals surface area (Å²) in [5.41, 5.74) is 2.53. The number of carbonyl (C=O) groups excluding carboxylic acids is 2. The molecular formula is C20H20Cl2N2O2. The summed E-state index contributed by atoms with van der Waals surface area (Å²) in [6.45, 7) is 4.60. The molecule has 4 nitrogen and oxygen atoms in total. The first-order valence-electron chi connectivity index (χ1n) is 8.51. The van der Waals surface area contributed by atoms with Crippen LogP contribution in [0, 0.1) is 5.92 Å². The Balaban J connectivity index is 1.69. The molecular weight excluding hydrogens is 371 g/mol. The maximum atomic E-state index is 12.5. The predicted molar refractivity (Wildman–Crippen MR) is 106 cm³/mol. The van der Waals surface area contributed by atoms with Gasteiger partial charge in [-0.05, 0) is 41.8 Å². The number of anilines is 2. The van der Waals surface area contributed by atoms with Gasteiger partial charge in [0.25, 0.3) is 0 Å². The number of amides is 2. The summed E-state index contributed by atoms with van der Waals surface area (Å²) in [5.74, 6) is -0.256. The second-order valence-electron chi connectivity index (χ2n) is 6.77. The molecule has 1 atom stereocenters. The second-order valence-corrected chi connectivity index (χ2v) is 7.61. The van der Waals surface area contributed by atoms with Gasteiger partial charge in [0.05, 0.1) is 16.6 Å². The molecule has 0 radical (unpaired) electrons. The molecule has 1 fully saturated rings. The van der Waals surface area contributed by atoms with Crippen LogP contribution in [0.4, 0.5) is 11.4 Å². The highest BCUT2D eigenvalue weighted by molar-refractivity contribution is 6.36. The Bertz CT molecular complexity index is 834. The lowest BCUT2D eigenvalue weighted by Crippen LogP contribution is -2.28. The van der Waals surface area contributed by atoms with Gasteiger partial charge in [-0.2, -0.15) is 0 Å². The van der Waals surface area contributed by atoms with Crippen molar-refractivity contribution in [1.82, 2.24) is 0 Å². The summed E-state index contributed by atoms with van der Waals surface area (Å²) >= 11 is 12.0. The molecule has 0 bridgehead atoms. The zero-order chi connectivity index (χ0) is 18.8. The number of hydrogen-bond acceptors (Lipinski definition) is 2. The molecule has 0 unspecified atom stereocenters. The minimum absolute atomic E-state index is 0.0512. The van der Waals surface area contributed by atoms with Crippen molar-refractivity contribution in [2.24, 2.45) is 5.92 Å². The Labute approximate surface area is 163 Å². The molecule has 1 aliphatic heterocycles. The molecule has 26 heavy (non-hydrogen) atoms. The first-order chi connectivity index (χ1) is 12.3. The van der Waals surface area contributed by atoms with E-state index in [1.165, 1.54) is 5.56 Å². The average molecular weight is 391 g/mol. The van der Waals surface area contributed by atoms with E-state index in [-0.39, 0.29) is 18.2 Å². The molecule has 1 heterocycles. The maximum absolute atomic E-state index is 12.5. The lowest BCUT2D eigenvalue weighted by atomic mass is 10.0.